The van der Waals surface area contributed by atoms with Crippen molar-refractivity contribution in [3.63, 3.8) is 0 Å². The summed E-state index contributed by atoms with van der Waals surface area (Å²) in [4.78, 5) is 9.85. The molecule has 0 fully saturated rings. The van der Waals surface area contributed by atoms with Crippen molar-refractivity contribution in [3.8, 4) is 0 Å². The van der Waals surface area contributed by atoms with Crippen molar-refractivity contribution < 1.29 is 13.2 Å². The van der Waals surface area contributed by atoms with Gasteiger partial charge < -0.3 is 0 Å². The summed E-state index contributed by atoms with van der Waals surface area (Å²) in [6, 6.07) is 9.00. The molecule has 0 aliphatic rings. The molecule has 0 heterocycles. The van der Waals surface area contributed by atoms with Gasteiger partial charge in [-0.2, -0.15) is 0 Å². The van der Waals surface area contributed by atoms with Crippen LogP contribution >= 0.6 is 0 Å². The molecule has 0 bridgehead atoms. The fourth-order valence-corrected chi connectivity index (χ4v) is 1.60. The first-order chi connectivity index (χ1) is 7.14. The van der Waals surface area contributed by atoms with Gasteiger partial charge in [0.25, 0.3) is 0 Å². The summed E-state index contributed by atoms with van der Waals surface area (Å²) >= 11 is 0. The van der Waals surface area contributed by atoms with Crippen molar-refractivity contribution in [2.75, 3.05) is 6.54 Å². The van der Waals surface area contributed by atoms with Crippen LogP contribution in [0.15, 0.2) is 35.7 Å². The molecule has 1 aromatic carbocycles. The third kappa shape index (κ3) is 4.53. The van der Waals surface area contributed by atoms with Crippen molar-refractivity contribution >= 4 is 22.4 Å². The van der Waals surface area contributed by atoms with Crippen LogP contribution in [0.3, 0.4) is 0 Å². The zero-order valence-corrected chi connectivity index (χ0v) is 8.70. The van der Waals surface area contributed by atoms with Gasteiger partial charge in [0.2, 0.25) is 16.3 Å². The molecule has 0 unspecified atom stereocenters. The summed E-state index contributed by atoms with van der Waals surface area (Å²) in [5.74, 6) is 0. The first kappa shape index (κ1) is 11.6. The predicted molar refractivity (Wildman–Crippen MR) is 58.1 cm³/mol. The lowest BCUT2D eigenvalue weighted by molar-refractivity contribution is 0.551. The largest absolute Gasteiger partial charge is 0.289 e. The highest BCUT2D eigenvalue weighted by Crippen LogP contribution is 2.02. The molecule has 0 spiro atoms. The molecule has 4 nitrogen and oxygen atoms in total. The normalized spacial score (nSPS) is 11.7. The molecule has 15 heavy (non-hydrogen) atoms. The molecular formula is C10H10NO3S. The standard InChI is InChI=1S/C10H10NO3S/c12-8-7-11-15(13,14)9-6-10-4-2-1-3-5-10/h1-6,9,11H,7H2/b9-6+. The molecule has 0 saturated heterocycles. The highest BCUT2D eigenvalue weighted by Gasteiger charge is 2.02. The first-order valence-corrected chi connectivity index (χ1v) is 5.76. The van der Waals surface area contributed by atoms with Crippen LogP contribution < -0.4 is 4.72 Å². The van der Waals surface area contributed by atoms with E-state index in [0.29, 0.717) is 0 Å². The Morgan fingerprint density at radius 2 is 1.93 bits per heavy atom. The maximum atomic E-state index is 11.2. The van der Waals surface area contributed by atoms with E-state index in [-0.39, 0.29) is 6.54 Å². The molecule has 1 N–H and O–H groups in total. The van der Waals surface area contributed by atoms with Crippen LogP contribution in [0.5, 0.6) is 0 Å². The number of rotatable bonds is 5. The quantitative estimate of drug-likeness (QED) is 0.800. The Morgan fingerprint density at radius 1 is 1.27 bits per heavy atom. The second kappa shape index (κ2) is 5.43. The van der Waals surface area contributed by atoms with Gasteiger partial charge in [0.05, 0.1) is 6.54 Å². The molecule has 0 aliphatic carbocycles. The van der Waals surface area contributed by atoms with E-state index in [2.05, 4.69) is 0 Å². The average molecular weight is 224 g/mol. The molecule has 1 rings (SSSR count). The van der Waals surface area contributed by atoms with E-state index in [1.807, 2.05) is 10.8 Å². The molecule has 0 aliphatic heterocycles. The van der Waals surface area contributed by atoms with Crippen LogP contribution in [0.2, 0.25) is 0 Å². The highest BCUT2D eigenvalue weighted by atomic mass is 32.2. The SMILES string of the molecule is O=[C]CNS(=O)(=O)/C=C/c1ccccc1. The van der Waals surface area contributed by atoms with Crippen LogP contribution in [0.25, 0.3) is 6.08 Å². The Morgan fingerprint density at radius 3 is 2.53 bits per heavy atom. The molecule has 1 aromatic rings. The molecule has 0 atom stereocenters. The van der Waals surface area contributed by atoms with E-state index in [1.165, 1.54) is 12.4 Å². The highest BCUT2D eigenvalue weighted by molar-refractivity contribution is 7.92. The fourth-order valence-electron chi connectivity index (χ4n) is 0.910. The fraction of sp³-hybridized carbons (Fsp3) is 0.100. The molecule has 0 aromatic heterocycles. The maximum absolute atomic E-state index is 11.2. The van der Waals surface area contributed by atoms with E-state index in [1.54, 1.807) is 24.3 Å². The van der Waals surface area contributed by atoms with Gasteiger partial charge in [-0.05, 0) is 11.6 Å². The van der Waals surface area contributed by atoms with Gasteiger partial charge >= 0.3 is 0 Å². The summed E-state index contributed by atoms with van der Waals surface area (Å²) < 4.78 is 24.4. The number of hydrogen-bond donors (Lipinski definition) is 1. The van der Waals surface area contributed by atoms with E-state index in [0.717, 1.165) is 11.0 Å². The number of sulfonamides is 1. The van der Waals surface area contributed by atoms with Gasteiger partial charge in [0, 0.05) is 5.41 Å². The molecule has 0 saturated carbocycles. The van der Waals surface area contributed by atoms with E-state index in [4.69, 9.17) is 0 Å². The molecular weight excluding hydrogens is 214 g/mol. The van der Waals surface area contributed by atoms with Crippen molar-refractivity contribution in [2.24, 2.45) is 0 Å². The number of benzene rings is 1. The summed E-state index contributed by atoms with van der Waals surface area (Å²) in [6.07, 6.45) is 2.90. The number of carbonyl (C=O) groups excluding carboxylic acids is 1. The summed E-state index contributed by atoms with van der Waals surface area (Å²) in [5, 5.41) is 1.01. The Balaban J connectivity index is 2.69. The summed E-state index contributed by atoms with van der Waals surface area (Å²) in [5.41, 5.74) is 0.776. The third-order valence-electron chi connectivity index (χ3n) is 1.58. The lowest BCUT2D eigenvalue weighted by Crippen LogP contribution is -2.22. The van der Waals surface area contributed by atoms with Gasteiger partial charge in [-0.25, -0.2) is 13.1 Å². The Hall–Kier alpha value is -1.46. The van der Waals surface area contributed by atoms with Crippen molar-refractivity contribution in [1.82, 2.24) is 4.72 Å². The Labute approximate surface area is 88.7 Å². The minimum Gasteiger partial charge on any atom is -0.289 e. The van der Waals surface area contributed by atoms with Crippen LogP contribution in [-0.4, -0.2) is 21.2 Å². The van der Waals surface area contributed by atoms with Crippen molar-refractivity contribution in [1.29, 1.82) is 0 Å². The van der Waals surface area contributed by atoms with Gasteiger partial charge in [0.15, 0.2) is 0 Å². The van der Waals surface area contributed by atoms with Crippen LogP contribution in [0, 0.1) is 0 Å². The topological polar surface area (TPSA) is 63.2 Å². The third-order valence-corrected chi connectivity index (χ3v) is 2.63. The van der Waals surface area contributed by atoms with E-state index < -0.39 is 10.0 Å². The second-order valence-electron chi connectivity index (χ2n) is 2.72. The first-order valence-electron chi connectivity index (χ1n) is 4.22. The van der Waals surface area contributed by atoms with Gasteiger partial charge in [-0.15, -0.1) is 0 Å². The van der Waals surface area contributed by atoms with Gasteiger partial charge in [-0.1, -0.05) is 30.3 Å². The molecule has 0 amide bonds. The predicted octanol–water partition coefficient (Wildman–Crippen LogP) is 0.686. The summed E-state index contributed by atoms with van der Waals surface area (Å²) in [6.45, 7) is -0.332. The van der Waals surface area contributed by atoms with Gasteiger partial charge in [-0.3, -0.25) is 4.79 Å². The lowest BCUT2D eigenvalue weighted by Gasteiger charge is -1.96. The Bertz CT molecular complexity index is 437. The van der Waals surface area contributed by atoms with E-state index in [9.17, 15) is 13.2 Å². The number of nitrogens with one attached hydrogen (secondary N) is 1. The maximum Gasteiger partial charge on any atom is 0.234 e. The van der Waals surface area contributed by atoms with Crippen LogP contribution in [0.4, 0.5) is 0 Å². The molecule has 5 heteroatoms. The zero-order chi connectivity index (χ0) is 11.1. The molecule has 79 valence electrons. The van der Waals surface area contributed by atoms with Crippen molar-refractivity contribution in [2.45, 2.75) is 0 Å². The van der Waals surface area contributed by atoms with Crippen LogP contribution in [-0.2, 0) is 14.8 Å². The average Bonchev–Trinajstić information content (AvgIpc) is 2.25. The lowest BCUT2D eigenvalue weighted by atomic mass is 10.2. The zero-order valence-electron chi connectivity index (χ0n) is 7.88. The minimum atomic E-state index is -3.53. The van der Waals surface area contributed by atoms with Crippen molar-refractivity contribution in [3.05, 3.63) is 41.3 Å². The van der Waals surface area contributed by atoms with Gasteiger partial charge in [0.1, 0.15) is 0 Å². The summed E-state index contributed by atoms with van der Waals surface area (Å²) in [7, 11) is -3.53. The van der Waals surface area contributed by atoms with Crippen LogP contribution in [0.1, 0.15) is 5.56 Å². The number of hydrogen-bond acceptors (Lipinski definition) is 3. The monoisotopic (exact) mass is 224 g/mol. The van der Waals surface area contributed by atoms with E-state index >= 15 is 0 Å². The minimum absolute atomic E-state index is 0.332. The Kier molecular flexibility index (Phi) is 4.20. The second-order valence-corrected chi connectivity index (χ2v) is 4.37. The smallest absolute Gasteiger partial charge is 0.234 e. The molecule has 1 radical (unpaired) electrons.